The van der Waals surface area contributed by atoms with Crippen LogP contribution >= 0.6 is 0 Å². The molecule has 4 nitrogen and oxygen atoms in total. The minimum atomic E-state index is 0.0636. The summed E-state index contributed by atoms with van der Waals surface area (Å²) in [4.78, 5) is 17.5. The van der Waals surface area contributed by atoms with Crippen LogP contribution < -0.4 is 5.32 Å². The van der Waals surface area contributed by atoms with Crippen LogP contribution in [0.5, 0.6) is 0 Å². The Kier molecular flexibility index (Phi) is 5.32. The second-order valence-electron chi connectivity index (χ2n) is 9.01. The SMILES string of the molecule is CN1CC(CNC(=O)c2ccccc2)C2(C1)CN(CC1CCCCC1)C2. The van der Waals surface area contributed by atoms with E-state index in [0.717, 1.165) is 24.6 Å². The van der Waals surface area contributed by atoms with Gasteiger partial charge in [-0.1, -0.05) is 37.5 Å². The highest BCUT2D eigenvalue weighted by molar-refractivity contribution is 5.94. The van der Waals surface area contributed by atoms with Crippen molar-refractivity contribution in [3.05, 3.63) is 35.9 Å². The number of benzene rings is 1. The number of likely N-dealkylation sites (tertiary alicyclic amines) is 2. The standard InChI is InChI=1S/C22H33N3O/c1-24-14-20(12-23-21(26)19-10-6-3-7-11-19)22(15-24)16-25(17-22)13-18-8-4-2-5-9-18/h3,6-7,10-11,18,20H,2,4-5,8-9,12-17H2,1H3,(H,23,26). The second kappa shape index (κ2) is 7.69. The number of nitrogens with zero attached hydrogens (tertiary/aromatic N) is 2. The Bertz CT molecular complexity index is 605. The Morgan fingerprint density at radius 3 is 2.58 bits per heavy atom. The van der Waals surface area contributed by atoms with Gasteiger partial charge in [0.05, 0.1) is 0 Å². The minimum absolute atomic E-state index is 0.0636. The predicted molar refractivity (Wildman–Crippen MR) is 105 cm³/mol. The van der Waals surface area contributed by atoms with Gasteiger partial charge in [0.1, 0.15) is 0 Å². The third kappa shape index (κ3) is 3.81. The van der Waals surface area contributed by atoms with E-state index < -0.39 is 0 Å². The summed E-state index contributed by atoms with van der Waals surface area (Å²) >= 11 is 0. The topological polar surface area (TPSA) is 35.6 Å². The second-order valence-corrected chi connectivity index (χ2v) is 9.01. The fourth-order valence-electron chi connectivity index (χ4n) is 5.56. The van der Waals surface area contributed by atoms with Crippen LogP contribution in [0.2, 0.25) is 0 Å². The van der Waals surface area contributed by atoms with Crippen LogP contribution in [0.25, 0.3) is 0 Å². The van der Waals surface area contributed by atoms with Gasteiger partial charge in [0, 0.05) is 50.2 Å². The number of hydrogen-bond donors (Lipinski definition) is 1. The molecule has 1 amide bonds. The maximum Gasteiger partial charge on any atom is 0.251 e. The Morgan fingerprint density at radius 1 is 1.12 bits per heavy atom. The van der Waals surface area contributed by atoms with Crippen molar-refractivity contribution in [2.75, 3.05) is 46.3 Å². The molecule has 1 aliphatic carbocycles. The lowest BCUT2D eigenvalue weighted by molar-refractivity contribution is -0.0321. The van der Waals surface area contributed by atoms with Crippen LogP contribution in [0.1, 0.15) is 42.5 Å². The Hall–Kier alpha value is -1.39. The van der Waals surface area contributed by atoms with Gasteiger partial charge in [-0.2, -0.15) is 0 Å². The van der Waals surface area contributed by atoms with E-state index >= 15 is 0 Å². The molecular weight excluding hydrogens is 322 g/mol. The highest BCUT2D eigenvalue weighted by Crippen LogP contribution is 2.44. The summed E-state index contributed by atoms with van der Waals surface area (Å²) in [6.45, 7) is 6.83. The largest absolute Gasteiger partial charge is 0.352 e. The van der Waals surface area contributed by atoms with Gasteiger partial charge in [-0.25, -0.2) is 0 Å². The maximum atomic E-state index is 12.4. The molecule has 142 valence electrons. The molecule has 0 bridgehead atoms. The third-order valence-corrected chi connectivity index (χ3v) is 6.85. The predicted octanol–water partition coefficient (Wildman–Crippen LogP) is 2.86. The normalized spacial score (nSPS) is 26.7. The molecule has 0 aromatic heterocycles. The number of hydrogen-bond acceptors (Lipinski definition) is 3. The van der Waals surface area contributed by atoms with Gasteiger partial charge in [-0.15, -0.1) is 0 Å². The van der Waals surface area contributed by atoms with Crippen LogP contribution in [0.4, 0.5) is 0 Å². The molecule has 1 aromatic rings. The highest BCUT2D eigenvalue weighted by atomic mass is 16.1. The van der Waals surface area contributed by atoms with Crippen LogP contribution in [0, 0.1) is 17.3 Å². The van der Waals surface area contributed by atoms with Crippen LogP contribution in [0.15, 0.2) is 30.3 Å². The first-order valence-corrected chi connectivity index (χ1v) is 10.4. The van der Waals surface area contributed by atoms with Crippen molar-refractivity contribution >= 4 is 5.91 Å². The molecule has 2 aliphatic heterocycles. The van der Waals surface area contributed by atoms with Gasteiger partial charge in [-0.3, -0.25) is 4.79 Å². The average Bonchev–Trinajstić information content (AvgIpc) is 2.97. The Morgan fingerprint density at radius 2 is 1.85 bits per heavy atom. The van der Waals surface area contributed by atoms with Gasteiger partial charge in [0.15, 0.2) is 0 Å². The molecule has 1 atom stereocenters. The quantitative estimate of drug-likeness (QED) is 0.882. The summed E-state index contributed by atoms with van der Waals surface area (Å²) in [7, 11) is 2.23. The zero-order valence-electron chi connectivity index (χ0n) is 16.1. The van der Waals surface area contributed by atoms with Crippen molar-refractivity contribution in [3.63, 3.8) is 0 Å². The molecule has 2 saturated heterocycles. The molecule has 1 saturated carbocycles. The van der Waals surface area contributed by atoms with Crippen LogP contribution in [-0.2, 0) is 0 Å². The van der Waals surface area contributed by atoms with E-state index in [4.69, 9.17) is 0 Å². The van der Waals surface area contributed by atoms with Gasteiger partial charge in [-0.05, 0) is 43.9 Å². The molecule has 1 aromatic carbocycles. The fourth-order valence-corrected chi connectivity index (χ4v) is 5.56. The third-order valence-electron chi connectivity index (χ3n) is 6.85. The molecule has 0 radical (unpaired) electrons. The number of carbonyl (C=O) groups is 1. The van der Waals surface area contributed by atoms with Crippen molar-refractivity contribution in [1.82, 2.24) is 15.1 Å². The number of nitrogens with one attached hydrogen (secondary N) is 1. The lowest BCUT2D eigenvalue weighted by Crippen LogP contribution is -2.62. The first-order chi connectivity index (χ1) is 12.6. The molecule has 3 fully saturated rings. The summed E-state index contributed by atoms with van der Waals surface area (Å²) in [5, 5.41) is 3.20. The zero-order chi connectivity index (χ0) is 18.0. The molecule has 1 spiro atoms. The number of amides is 1. The summed E-state index contributed by atoms with van der Waals surface area (Å²) in [6.07, 6.45) is 7.16. The molecule has 2 heterocycles. The van der Waals surface area contributed by atoms with E-state index in [1.165, 1.54) is 58.3 Å². The molecule has 4 rings (SSSR count). The zero-order valence-corrected chi connectivity index (χ0v) is 16.1. The summed E-state index contributed by atoms with van der Waals surface area (Å²) < 4.78 is 0. The van der Waals surface area contributed by atoms with Gasteiger partial charge >= 0.3 is 0 Å². The molecule has 26 heavy (non-hydrogen) atoms. The minimum Gasteiger partial charge on any atom is -0.352 e. The molecule has 1 unspecified atom stereocenters. The van der Waals surface area contributed by atoms with E-state index in [1.807, 2.05) is 30.3 Å². The van der Waals surface area contributed by atoms with E-state index in [-0.39, 0.29) is 5.91 Å². The lowest BCUT2D eigenvalue weighted by Gasteiger charge is -2.52. The summed E-state index contributed by atoms with van der Waals surface area (Å²) in [5.41, 5.74) is 1.16. The smallest absolute Gasteiger partial charge is 0.251 e. The fraction of sp³-hybridized carbons (Fsp3) is 0.682. The number of carbonyl (C=O) groups excluding carboxylic acids is 1. The van der Waals surface area contributed by atoms with Crippen LogP contribution in [0.3, 0.4) is 0 Å². The first-order valence-electron chi connectivity index (χ1n) is 10.4. The van der Waals surface area contributed by atoms with Crippen molar-refractivity contribution in [3.8, 4) is 0 Å². The number of rotatable bonds is 5. The molecule has 1 N–H and O–H groups in total. The van der Waals surface area contributed by atoms with E-state index in [9.17, 15) is 4.79 Å². The van der Waals surface area contributed by atoms with Gasteiger partial charge < -0.3 is 15.1 Å². The van der Waals surface area contributed by atoms with E-state index in [0.29, 0.717) is 11.3 Å². The van der Waals surface area contributed by atoms with Crippen LogP contribution in [-0.4, -0.2) is 62.0 Å². The van der Waals surface area contributed by atoms with Crippen molar-refractivity contribution in [2.45, 2.75) is 32.1 Å². The molecular formula is C22H33N3O. The van der Waals surface area contributed by atoms with Gasteiger partial charge in [0.25, 0.3) is 5.91 Å². The van der Waals surface area contributed by atoms with Crippen molar-refractivity contribution in [1.29, 1.82) is 0 Å². The average molecular weight is 356 g/mol. The highest BCUT2D eigenvalue weighted by Gasteiger charge is 2.53. The summed E-state index contributed by atoms with van der Waals surface area (Å²) in [6, 6.07) is 9.58. The lowest BCUT2D eigenvalue weighted by atomic mass is 9.71. The van der Waals surface area contributed by atoms with Crippen molar-refractivity contribution in [2.24, 2.45) is 17.3 Å². The maximum absolute atomic E-state index is 12.4. The molecule has 4 heteroatoms. The monoisotopic (exact) mass is 355 g/mol. The first kappa shape index (κ1) is 18.0. The van der Waals surface area contributed by atoms with Crippen molar-refractivity contribution < 1.29 is 4.79 Å². The van der Waals surface area contributed by atoms with Gasteiger partial charge in [0.2, 0.25) is 0 Å². The Balaban J connectivity index is 1.29. The van der Waals surface area contributed by atoms with E-state index in [1.54, 1.807) is 0 Å². The Labute approximate surface area is 157 Å². The summed E-state index contributed by atoms with van der Waals surface area (Å²) in [5.74, 6) is 1.56. The molecule has 3 aliphatic rings. The van der Waals surface area contributed by atoms with E-state index in [2.05, 4.69) is 22.2 Å².